The standard InChI is InChI=1S/C14H13BrClNO2/c1-17(9-12-5-6-13(15)19-12)14(18)11-4-2-3-10(7-11)8-16/h2-7H,8-9H2,1H3. The summed E-state index contributed by atoms with van der Waals surface area (Å²) >= 11 is 9.01. The largest absolute Gasteiger partial charge is 0.452 e. The van der Waals surface area contributed by atoms with Crippen LogP contribution in [-0.2, 0) is 12.4 Å². The van der Waals surface area contributed by atoms with Gasteiger partial charge < -0.3 is 9.32 Å². The van der Waals surface area contributed by atoms with Crippen molar-refractivity contribution in [1.82, 2.24) is 4.90 Å². The Kier molecular flexibility index (Phi) is 4.66. The topological polar surface area (TPSA) is 33.5 Å². The number of alkyl halides is 1. The second-order valence-corrected chi connectivity index (χ2v) is 5.25. The zero-order valence-corrected chi connectivity index (χ0v) is 12.7. The lowest BCUT2D eigenvalue weighted by molar-refractivity contribution is 0.0775. The third-order valence-corrected chi connectivity index (χ3v) is 3.43. The predicted octanol–water partition coefficient (Wildman–Crippen LogP) is 4.05. The molecule has 0 unspecified atom stereocenters. The minimum atomic E-state index is -0.0560. The molecule has 0 aliphatic carbocycles. The molecular weight excluding hydrogens is 330 g/mol. The van der Waals surface area contributed by atoms with Crippen molar-refractivity contribution in [3.63, 3.8) is 0 Å². The van der Waals surface area contributed by atoms with Crippen LogP contribution in [-0.4, -0.2) is 17.9 Å². The molecule has 0 aliphatic heterocycles. The van der Waals surface area contributed by atoms with Gasteiger partial charge in [-0.15, -0.1) is 11.6 Å². The van der Waals surface area contributed by atoms with E-state index < -0.39 is 0 Å². The number of hydrogen-bond acceptors (Lipinski definition) is 2. The van der Waals surface area contributed by atoms with Crippen LogP contribution in [0.1, 0.15) is 21.7 Å². The molecule has 100 valence electrons. The summed E-state index contributed by atoms with van der Waals surface area (Å²) in [6, 6.07) is 11.0. The molecular formula is C14H13BrClNO2. The third-order valence-electron chi connectivity index (χ3n) is 2.70. The van der Waals surface area contributed by atoms with Crippen molar-refractivity contribution in [3.05, 3.63) is 58.0 Å². The first-order valence-corrected chi connectivity index (χ1v) is 7.07. The second kappa shape index (κ2) is 6.26. The number of halogens is 2. The average Bonchev–Trinajstić information content (AvgIpc) is 2.83. The zero-order chi connectivity index (χ0) is 13.8. The van der Waals surface area contributed by atoms with E-state index in [2.05, 4.69) is 15.9 Å². The number of rotatable bonds is 4. The van der Waals surface area contributed by atoms with Crippen LogP contribution < -0.4 is 0 Å². The van der Waals surface area contributed by atoms with Crippen molar-refractivity contribution >= 4 is 33.4 Å². The molecule has 0 atom stereocenters. The van der Waals surface area contributed by atoms with E-state index in [0.717, 1.165) is 11.3 Å². The lowest BCUT2D eigenvalue weighted by atomic mass is 10.1. The van der Waals surface area contributed by atoms with Gasteiger partial charge in [0.25, 0.3) is 5.91 Å². The molecule has 0 radical (unpaired) electrons. The average molecular weight is 343 g/mol. The number of nitrogens with zero attached hydrogens (tertiary/aromatic N) is 1. The molecule has 2 rings (SSSR count). The summed E-state index contributed by atoms with van der Waals surface area (Å²) in [5.41, 5.74) is 1.56. The van der Waals surface area contributed by atoms with Gasteiger partial charge in [0.1, 0.15) is 5.76 Å². The van der Waals surface area contributed by atoms with E-state index in [-0.39, 0.29) is 5.91 Å². The molecule has 0 spiro atoms. The summed E-state index contributed by atoms with van der Waals surface area (Å²) in [5.74, 6) is 1.08. The Morgan fingerprint density at radius 1 is 1.37 bits per heavy atom. The fourth-order valence-corrected chi connectivity index (χ4v) is 2.26. The van der Waals surface area contributed by atoms with Gasteiger partial charge in [-0.3, -0.25) is 4.79 Å². The van der Waals surface area contributed by atoms with E-state index >= 15 is 0 Å². The lowest BCUT2D eigenvalue weighted by Gasteiger charge is -2.16. The van der Waals surface area contributed by atoms with Gasteiger partial charge in [0.2, 0.25) is 0 Å². The molecule has 0 saturated heterocycles. The highest BCUT2D eigenvalue weighted by Gasteiger charge is 2.13. The van der Waals surface area contributed by atoms with Crippen molar-refractivity contribution in [1.29, 1.82) is 0 Å². The molecule has 0 bridgehead atoms. The Bertz CT molecular complexity index is 582. The molecule has 0 fully saturated rings. The molecule has 1 aromatic carbocycles. The van der Waals surface area contributed by atoms with Crippen molar-refractivity contribution in [2.24, 2.45) is 0 Å². The van der Waals surface area contributed by atoms with Gasteiger partial charge in [-0.2, -0.15) is 0 Å². The summed E-state index contributed by atoms with van der Waals surface area (Å²) in [6.07, 6.45) is 0. The minimum Gasteiger partial charge on any atom is -0.452 e. The van der Waals surface area contributed by atoms with Gasteiger partial charge in [0, 0.05) is 18.5 Å². The van der Waals surface area contributed by atoms with Gasteiger partial charge in [-0.25, -0.2) is 0 Å². The van der Waals surface area contributed by atoms with Crippen LogP contribution in [0, 0.1) is 0 Å². The minimum absolute atomic E-state index is 0.0560. The van der Waals surface area contributed by atoms with Crippen LogP contribution in [0.4, 0.5) is 0 Å². The Labute approximate surface area is 125 Å². The number of hydrogen-bond donors (Lipinski definition) is 0. The van der Waals surface area contributed by atoms with E-state index in [0.29, 0.717) is 22.7 Å². The number of benzene rings is 1. The highest BCUT2D eigenvalue weighted by Crippen LogP contribution is 2.16. The first-order valence-electron chi connectivity index (χ1n) is 5.74. The van der Waals surface area contributed by atoms with Crippen LogP contribution in [0.25, 0.3) is 0 Å². The zero-order valence-electron chi connectivity index (χ0n) is 10.4. The Hall–Kier alpha value is -1.26. The van der Waals surface area contributed by atoms with Crippen LogP contribution in [0.2, 0.25) is 0 Å². The Balaban J connectivity index is 2.09. The molecule has 1 heterocycles. The highest BCUT2D eigenvalue weighted by molar-refractivity contribution is 9.10. The van der Waals surface area contributed by atoms with Crippen molar-refractivity contribution in [2.45, 2.75) is 12.4 Å². The Morgan fingerprint density at radius 2 is 2.16 bits per heavy atom. The monoisotopic (exact) mass is 341 g/mol. The third kappa shape index (κ3) is 3.61. The molecule has 3 nitrogen and oxygen atoms in total. The maximum absolute atomic E-state index is 12.3. The van der Waals surface area contributed by atoms with Gasteiger partial charge in [0.05, 0.1) is 6.54 Å². The summed E-state index contributed by atoms with van der Waals surface area (Å²) in [6.45, 7) is 0.426. The van der Waals surface area contributed by atoms with Gasteiger partial charge in [0.15, 0.2) is 4.67 Å². The highest BCUT2D eigenvalue weighted by atomic mass is 79.9. The van der Waals surface area contributed by atoms with E-state index in [1.165, 1.54) is 0 Å². The molecule has 1 aromatic heterocycles. The summed E-state index contributed by atoms with van der Waals surface area (Å²) < 4.78 is 6.05. The van der Waals surface area contributed by atoms with Crippen molar-refractivity contribution in [3.8, 4) is 0 Å². The maximum Gasteiger partial charge on any atom is 0.254 e. The molecule has 2 aromatic rings. The number of amides is 1. The van der Waals surface area contributed by atoms with Crippen LogP contribution in [0.3, 0.4) is 0 Å². The lowest BCUT2D eigenvalue weighted by Crippen LogP contribution is -2.26. The summed E-state index contributed by atoms with van der Waals surface area (Å²) in [7, 11) is 1.74. The second-order valence-electron chi connectivity index (χ2n) is 4.20. The van der Waals surface area contributed by atoms with E-state index in [4.69, 9.17) is 16.0 Å². The van der Waals surface area contributed by atoms with E-state index in [1.54, 1.807) is 18.0 Å². The van der Waals surface area contributed by atoms with Gasteiger partial charge in [-0.1, -0.05) is 12.1 Å². The van der Waals surface area contributed by atoms with Crippen LogP contribution >= 0.6 is 27.5 Å². The molecule has 1 amide bonds. The fourth-order valence-electron chi connectivity index (χ4n) is 1.75. The predicted molar refractivity (Wildman–Crippen MR) is 78.2 cm³/mol. The van der Waals surface area contributed by atoms with Crippen molar-refractivity contribution < 1.29 is 9.21 Å². The molecule has 5 heteroatoms. The van der Waals surface area contributed by atoms with E-state index in [1.807, 2.05) is 30.3 Å². The molecule has 0 N–H and O–H groups in total. The number of carbonyl (C=O) groups excluding carboxylic acids is 1. The molecule has 0 saturated carbocycles. The summed E-state index contributed by atoms with van der Waals surface area (Å²) in [5, 5.41) is 0. The number of carbonyl (C=O) groups is 1. The quantitative estimate of drug-likeness (QED) is 0.785. The van der Waals surface area contributed by atoms with Crippen LogP contribution in [0.15, 0.2) is 45.5 Å². The smallest absolute Gasteiger partial charge is 0.254 e. The molecule has 19 heavy (non-hydrogen) atoms. The molecule has 0 aliphatic rings. The maximum atomic E-state index is 12.3. The first kappa shape index (κ1) is 14.2. The normalized spacial score (nSPS) is 10.5. The number of furan rings is 1. The van der Waals surface area contributed by atoms with E-state index in [9.17, 15) is 4.79 Å². The van der Waals surface area contributed by atoms with Crippen LogP contribution in [0.5, 0.6) is 0 Å². The van der Waals surface area contributed by atoms with Gasteiger partial charge in [-0.05, 0) is 45.8 Å². The fraction of sp³-hybridized carbons (Fsp3) is 0.214. The van der Waals surface area contributed by atoms with Gasteiger partial charge >= 0.3 is 0 Å². The summed E-state index contributed by atoms with van der Waals surface area (Å²) in [4.78, 5) is 13.9. The SMILES string of the molecule is CN(Cc1ccc(Br)o1)C(=O)c1cccc(CCl)c1. The van der Waals surface area contributed by atoms with Crippen molar-refractivity contribution in [2.75, 3.05) is 7.05 Å². The first-order chi connectivity index (χ1) is 9.10. The Morgan fingerprint density at radius 3 is 2.79 bits per heavy atom.